The van der Waals surface area contributed by atoms with E-state index in [1.165, 1.54) is 49.9 Å². The van der Waals surface area contributed by atoms with Crippen LogP contribution in [0.4, 0.5) is 11.4 Å². The predicted molar refractivity (Wildman–Crippen MR) is 193 cm³/mol. The Hall–Kier alpha value is -5.24. The molecule has 0 atom stereocenters. The number of fused-ring (bicyclic) bond motifs is 2. The summed E-state index contributed by atoms with van der Waals surface area (Å²) in [7, 11) is 0. The minimum absolute atomic E-state index is 0.298. The Labute approximate surface area is 281 Å². The molecule has 0 N–H and O–H groups in total. The number of benzene rings is 4. The van der Waals surface area contributed by atoms with Gasteiger partial charge in [-0.15, -0.1) is 0 Å². The molecule has 0 bridgehead atoms. The highest BCUT2D eigenvalue weighted by Gasteiger charge is 2.16. The summed E-state index contributed by atoms with van der Waals surface area (Å²) >= 11 is 0. The second-order valence-electron chi connectivity index (χ2n) is 12.6. The van der Waals surface area contributed by atoms with Gasteiger partial charge in [-0.1, -0.05) is 24.3 Å². The lowest BCUT2D eigenvalue weighted by atomic mass is 10.1. The van der Waals surface area contributed by atoms with Gasteiger partial charge in [0.05, 0.1) is 21.8 Å². The lowest BCUT2D eigenvalue weighted by Crippen LogP contribution is -2.29. The van der Waals surface area contributed by atoms with Crippen molar-refractivity contribution in [2.24, 2.45) is 0 Å². The summed E-state index contributed by atoms with van der Waals surface area (Å²) in [6, 6.07) is 33.1. The third-order valence-electron chi connectivity index (χ3n) is 9.39. The molecule has 6 aromatic rings. The van der Waals surface area contributed by atoms with Gasteiger partial charge in [-0.05, 0) is 111 Å². The van der Waals surface area contributed by atoms with Crippen LogP contribution in [0.2, 0.25) is 0 Å². The van der Waals surface area contributed by atoms with E-state index in [0.29, 0.717) is 36.6 Å². The predicted octanol–water partition coefficient (Wildman–Crippen LogP) is 8.35. The van der Waals surface area contributed by atoms with Crippen molar-refractivity contribution < 1.29 is 9.47 Å². The third-order valence-corrected chi connectivity index (χ3v) is 9.39. The average molecular weight is 637 g/mol. The van der Waals surface area contributed by atoms with Crippen molar-refractivity contribution in [1.82, 2.24) is 19.9 Å². The standard InChI is InChI=1S/C40H40N6O2/c1-7-23-45(24-8-1)31-19-15-29(16-20-31)37-41-35-13-5-3-11-33(35)39(43-37)47-27-28-48-40-34-12-4-6-14-36(34)42-38(44-40)30-17-21-32(22-18-30)46-25-9-2-10-26-46/h3-6,11-22H,1-2,7-10,23-28H2. The van der Waals surface area contributed by atoms with Crippen LogP contribution in [0.25, 0.3) is 44.6 Å². The van der Waals surface area contributed by atoms with Crippen molar-refractivity contribution in [1.29, 1.82) is 0 Å². The van der Waals surface area contributed by atoms with Crippen molar-refractivity contribution in [3.05, 3.63) is 97.1 Å². The molecule has 8 heteroatoms. The number of ether oxygens (including phenoxy) is 2. The maximum atomic E-state index is 6.29. The number of piperidine rings is 2. The highest BCUT2D eigenvalue weighted by atomic mass is 16.5. The first-order valence-corrected chi connectivity index (χ1v) is 17.3. The zero-order valence-electron chi connectivity index (χ0n) is 27.2. The zero-order chi connectivity index (χ0) is 32.1. The summed E-state index contributed by atoms with van der Waals surface area (Å²) in [6.45, 7) is 5.06. The molecule has 0 saturated carbocycles. The monoisotopic (exact) mass is 636 g/mol. The Kier molecular flexibility index (Phi) is 8.69. The average Bonchev–Trinajstić information content (AvgIpc) is 3.17. The number of hydrogen-bond donors (Lipinski definition) is 0. The Bertz CT molecular complexity index is 1860. The second-order valence-corrected chi connectivity index (χ2v) is 12.6. The minimum atomic E-state index is 0.298. The normalized spacial score (nSPS) is 15.2. The van der Waals surface area contributed by atoms with Gasteiger partial charge in [-0.2, -0.15) is 9.97 Å². The summed E-state index contributed by atoms with van der Waals surface area (Å²) < 4.78 is 12.6. The first kappa shape index (κ1) is 30.1. The highest BCUT2D eigenvalue weighted by molar-refractivity contribution is 5.86. The molecule has 0 spiro atoms. The summed E-state index contributed by atoms with van der Waals surface area (Å²) in [4.78, 5) is 24.4. The number of para-hydroxylation sites is 2. The van der Waals surface area contributed by atoms with Crippen LogP contribution in [0.15, 0.2) is 97.1 Å². The lowest BCUT2D eigenvalue weighted by molar-refractivity contribution is 0.210. The fourth-order valence-corrected chi connectivity index (χ4v) is 6.80. The maximum Gasteiger partial charge on any atom is 0.225 e. The number of aromatic nitrogens is 4. The van der Waals surface area contributed by atoms with Gasteiger partial charge in [0, 0.05) is 48.7 Å². The molecule has 2 aliphatic rings. The molecule has 48 heavy (non-hydrogen) atoms. The van der Waals surface area contributed by atoms with Crippen molar-refractivity contribution in [2.75, 3.05) is 49.2 Å². The van der Waals surface area contributed by atoms with E-state index in [2.05, 4.69) is 58.3 Å². The quantitative estimate of drug-likeness (QED) is 0.147. The number of nitrogens with zero attached hydrogens (tertiary/aromatic N) is 6. The van der Waals surface area contributed by atoms with Gasteiger partial charge < -0.3 is 19.3 Å². The van der Waals surface area contributed by atoms with Gasteiger partial charge in [0.1, 0.15) is 13.2 Å². The zero-order valence-corrected chi connectivity index (χ0v) is 27.2. The SMILES string of the molecule is c1ccc2c(OCCOc3nc(-c4ccc(N5CCCCC5)cc4)nc4ccccc34)nc(-c3ccc(N4CCCCC4)cc3)nc2c1. The minimum Gasteiger partial charge on any atom is -0.474 e. The molecule has 242 valence electrons. The van der Waals surface area contributed by atoms with Crippen molar-refractivity contribution in [2.45, 2.75) is 38.5 Å². The molecule has 0 amide bonds. The van der Waals surface area contributed by atoms with Crippen molar-refractivity contribution in [3.8, 4) is 34.5 Å². The van der Waals surface area contributed by atoms with Crippen LogP contribution in [0.3, 0.4) is 0 Å². The van der Waals surface area contributed by atoms with Gasteiger partial charge in [0.25, 0.3) is 0 Å². The van der Waals surface area contributed by atoms with E-state index in [9.17, 15) is 0 Å². The van der Waals surface area contributed by atoms with E-state index >= 15 is 0 Å². The Balaban J connectivity index is 0.992. The maximum absolute atomic E-state index is 6.29. The van der Waals surface area contributed by atoms with E-state index in [1.54, 1.807) is 0 Å². The molecule has 2 aromatic heterocycles. The summed E-state index contributed by atoms with van der Waals surface area (Å²) in [5, 5.41) is 1.74. The van der Waals surface area contributed by atoms with Crippen LogP contribution in [-0.4, -0.2) is 59.3 Å². The highest BCUT2D eigenvalue weighted by Crippen LogP contribution is 2.31. The van der Waals surface area contributed by atoms with Crippen LogP contribution < -0.4 is 19.3 Å². The summed E-state index contributed by atoms with van der Waals surface area (Å²) in [5.74, 6) is 2.38. The van der Waals surface area contributed by atoms with Crippen molar-refractivity contribution >= 4 is 33.2 Å². The van der Waals surface area contributed by atoms with E-state index in [1.807, 2.05) is 48.5 Å². The van der Waals surface area contributed by atoms with Gasteiger partial charge in [0.15, 0.2) is 11.6 Å². The largest absolute Gasteiger partial charge is 0.474 e. The van der Waals surface area contributed by atoms with Gasteiger partial charge in [-0.25, -0.2) is 9.97 Å². The smallest absolute Gasteiger partial charge is 0.225 e. The number of anilines is 2. The van der Waals surface area contributed by atoms with Crippen LogP contribution in [0.1, 0.15) is 38.5 Å². The van der Waals surface area contributed by atoms with E-state index in [4.69, 9.17) is 29.4 Å². The Morgan fingerprint density at radius 2 is 0.833 bits per heavy atom. The van der Waals surface area contributed by atoms with E-state index in [-0.39, 0.29) is 0 Å². The van der Waals surface area contributed by atoms with Gasteiger partial charge >= 0.3 is 0 Å². The Morgan fingerprint density at radius 3 is 1.25 bits per heavy atom. The molecule has 8 nitrogen and oxygen atoms in total. The van der Waals surface area contributed by atoms with Crippen LogP contribution in [0.5, 0.6) is 11.8 Å². The van der Waals surface area contributed by atoms with E-state index in [0.717, 1.165) is 59.1 Å². The first-order valence-electron chi connectivity index (χ1n) is 17.3. The van der Waals surface area contributed by atoms with E-state index < -0.39 is 0 Å². The molecule has 2 fully saturated rings. The molecule has 4 heterocycles. The molecule has 2 aliphatic heterocycles. The molecule has 0 unspecified atom stereocenters. The summed E-state index contributed by atoms with van der Waals surface area (Å²) in [6.07, 6.45) is 7.64. The molecule has 4 aromatic carbocycles. The third kappa shape index (κ3) is 6.47. The molecule has 0 radical (unpaired) electrons. The molecular formula is C40H40N6O2. The number of hydrogen-bond acceptors (Lipinski definition) is 8. The fourth-order valence-electron chi connectivity index (χ4n) is 6.80. The molecular weight excluding hydrogens is 596 g/mol. The second kappa shape index (κ2) is 13.9. The molecule has 2 saturated heterocycles. The Morgan fingerprint density at radius 1 is 0.438 bits per heavy atom. The lowest BCUT2D eigenvalue weighted by Gasteiger charge is -2.28. The molecule has 8 rings (SSSR count). The van der Waals surface area contributed by atoms with Gasteiger partial charge in [0.2, 0.25) is 11.8 Å². The van der Waals surface area contributed by atoms with Crippen LogP contribution in [0, 0.1) is 0 Å². The van der Waals surface area contributed by atoms with Crippen LogP contribution in [-0.2, 0) is 0 Å². The topological polar surface area (TPSA) is 76.5 Å². The molecule has 0 aliphatic carbocycles. The van der Waals surface area contributed by atoms with Crippen molar-refractivity contribution in [3.63, 3.8) is 0 Å². The first-order chi connectivity index (χ1) is 23.8. The van der Waals surface area contributed by atoms with Crippen LogP contribution >= 0.6 is 0 Å². The fraction of sp³-hybridized carbons (Fsp3) is 0.300. The summed E-state index contributed by atoms with van der Waals surface area (Å²) in [5.41, 5.74) is 6.12. The number of rotatable bonds is 9. The van der Waals surface area contributed by atoms with Gasteiger partial charge in [-0.3, -0.25) is 0 Å².